The summed E-state index contributed by atoms with van der Waals surface area (Å²) in [5.41, 5.74) is 0. The van der Waals surface area contributed by atoms with Crippen molar-refractivity contribution in [3.8, 4) is 0 Å². The Labute approximate surface area is 107 Å². The van der Waals surface area contributed by atoms with Crippen LogP contribution in [0.15, 0.2) is 0 Å². The van der Waals surface area contributed by atoms with Gasteiger partial charge in [-0.05, 0) is 6.54 Å². The monoisotopic (exact) mass is 259 g/mol. The number of hydrogen-bond donors (Lipinski definition) is 3. The van der Waals surface area contributed by atoms with Crippen molar-refractivity contribution < 1.29 is 19.5 Å². The van der Waals surface area contributed by atoms with Crippen molar-refractivity contribution in [2.75, 3.05) is 26.7 Å². The number of carboxylic acids is 1. The molecular formula is C11H21N3O4. The minimum atomic E-state index is -0.858. The Morgan fingerprint density at radius 2 is 1.94 bits per heavy atom. The molecule has 0 aliphatic heterocycles. The summed E-state index contributed by atoms with van der Waals surface area (Å²) in [5.74, 6) is -1.72. The van der Waals surface area contributed by atoms with Crippen LogP contribution >= 0.6 is 0 Å². The first-order valence-corrected chi connectivity index (χ1v) is 5.87. The van der Waals surface area contributed by atoms with Crippen molar-refractivity contribution in [3.63, 3.8) is 0 Å². The molecule has 0 radical (unpaired) electrons. The minimum absolute atomic E-state index is 0.160. The largest absolute Gasteiger partial charge is 0.481 e. The van der Waals surface area contributed by atoms with Gasteiger partial charge in [-0.2, -0.15) is 0 Å². The molecule has 3 N–H and O–H groups in total. The van der Waals surface area contributed by atoms with Crippen molar-refractivity contribution >= 4 is 17.9 Å². The van der Waals surface area contributed by atoms with Gasteiger partial charge < -0.3 is 15.3 Å². The van der Waals surface area contributed by atoms with Crippen LogP contribution < -0.4 is 10.6 Å². The third kappa shape index (κ3) is 6.85. The zero-order valence-electron chi connectivity index (χ0n) is 11.0. The van der Waals surface area contributed by atoms with Crippen molar-refractivity contribution in [1.29, 1.82) is 0 Å². The van der Waals surface area contributed by atoms with Gasteiger partial charge in [0.1, 0.15) is 0 Å². The summed E-state index contributed by atoms with van der Waals surface area (Å²) in [5, 5.41) is 13.2. The van der Waals surface area contributed by atoms with E-state index in [9.17, 15) is 14.4 Å². The minimum Gasteiger partial charge on any atom is -0.481 e. The van der Waals surface area contributed by atoms with Crippen LogP contribution in [0.5, 0.6) is 0 Å². The maximum Gasteiger partial charge on any atom is 0.321 e. The molecule has 104 valence electrons. The molecule has 0 heterocycles. The molecular weight excluding hydrogens is 238 g/mol. The van der Waals surface area contributed by atoms with Gasteiger partial charge in [0.15, 0.2) is 0 Å². The van der Waals surface area contributed by atoms with E-state index < -0.39 is 17.9 Å². The third-order valence-electron chi connectivity index (χ3n) is 2.54. The number of nitrogens with zero attached hydrogens (tertiary/aromatic N) is 1. The number of nitrogens with one attached hydrogen (secondary N) is 2. The Balaban J connectivity index is 4.03. The molecule has 0 aromatic heterocycles. The molecule has 1 unspecified atom stereocenters. The highest BCUT2D eigenvalue weighted by molar-refractivity contribution is 5.94. The number of carboxylic acid groups (broad SMARTS) is 1. The van der Waals surface area contributed by atoms with Crippen LogP contribution in [0.25, 0.3) is 0 Å². The third-order valence-corrected chi connectivity index (χ3v) is 2.54. The van der Waals surface area contributed by atoms with Crippen molar-refractivity contribution in [3.05, 3.63) is 0 Å². The molecule has 7 heteroatoms. The highest BCUT2D eigenvalue weighted by atomic mass is 16.4. The summed E-state index contributed by atoms with van der Waals surface area (Å²) < 4.78 is 0. The van der Waals surface area contributed by atoms with E-state index in [0.29, 0.717) is 19.6 Å². The maximum absolute atomic E-state index is 11.3. The fraction of sp³-hybridized carbons (Fsp3) is 0.727. The first kappa shape index (κ1) is 16.4. The summed E-state index contributed by atoms with van der Waals surface area (Å²) in [4.78, 5) is 34.8. The van der Waals surface area contributed by atoms with E-state index >= 15 is 0 Å². The lowest BCUT2D eigenvalue weighted by molar-refractivity contribution is -0.141. The number of hydrogen-bond acceptors (Lipinski definition) is 4. The molecule has 0 aliphatic carbocycles. The van der Waals surface area contributed by atoms with Crippen LogP contribution in [0, 0.1) is 5.92 Å². The second-order valence-corrected chi connectivity index (χ2v) is 4.01. The standard InChI is InChI=1S/C11H21N3O4/c1-4-14(7-8(2)10(16)17)6-5-9(15)13-11(18)12-3/h8H,4-7H2,1-3H3,(H,16,17)(H2,12,13,15,18). The summed E-state index contributed by atoms with van der Waals surface area (Å²) in [7, 11) is 1.43. The van der Waals surface area contributed by atoms with Crippen molar-refractivity contribution in [1.82, 2.24) is 15.5 Å². The number of carbonyl (C=O) groups excluding carboxylic acids is 2. The molecule has 18 heavy (non-hydrogen) atoms. The molecule has 1 atom stereocenters. The quantitative estimate of drug-likeness (QED) is 0.592. The number of urea groups is 1. The molecule has 0 aromatic carbocycles. The lowest BCUT2D eigenvalue weighted by atomic mass is 10.1. The maximum atomic E-state index is 11.3. The molecule has 0 spiro atoms. The van der Waals surface area contributed by atoms with Gasteiger partial charge in [-0.1, -0.05) is 13.8 Å². The van der Waals surface area contributed by atoms with Gasteiger partial charge >= 0.3 is 12.0 Å². The number of amides is 3. The van der Waals surface area contributed by atoms with Crippen LogP contribution in [0.3, 0.4) is 0 Å². The number of rotatable bonds is 7. The van der Waals surface area contributed by atoms with Gasteiger partial charge in [0.2, 0.25) is 5.91 Å². The van der Waals surface area contributed by atoms with E-state index in [2.05, 4.69) is 10.6 Å². The predicted molar refractivity (Wildman–Crippen MR) is 66.1 cm³/mol. The Bertz CT molecular complexity index is 307. The van der Waals surface area contributed by atoms with Crippen LogP contribution in [-0.4, -0.2) is 54.6 Å². The SMILES string of the molecule is CCN(CCC(=O)NC(=O)NC)CC(C)C(=O)O. The van der Waals surface area contributed by atoms with E-state index in [-0.39, 0.29) is 12.3 Å². The fourth-order valence-corrected chi connectivity index (χ4v) is 1.36. The normalized spacial score (nSPS) is 12.0. The topological polar surface area (TPSA) is 98.7 Å². The Morgan fingerprint density at radius 3 is 2.39 bits per heavy atom. The van der Waals surface area contributed by atoms with Gasteiger partial charge in [-0.15, -0.1) is 0 Å². The van der Waals surface area contributed by atoms with Crippen LogP contribution in [0.4, 0.5) is 4.79 Å². The lowest BCUT2D eigenvalue weighted by Crippen LogP contribution is -2.40. The van der Waals surface area contributed by atoms with Gasteiger partial charge in [-0.25, -0.2) is 4.79 Å². The van der Waals surface area contributed by atoms with Crippen molar-refractivity contribution in [2.24, 2.45) is 5.92 Å². The van der Waals surface area contributed by atoms with E-state index in [1.807, 2.05) is 11.8 Å². The average Bonchev–Trinajstić information content (AvgIpc) is 2.33. The Kier molecular flexibility index (Phi) is 7.69. The van der Waals surface area contributed by atoms with Gasteiger partial charge in [0.05, 0.1) is 5.92 Å². The van der Waals surface area contributed by atoms with E-state index in [4.69, 9.17) is 5.11 Å². The predicted octanol–water partition coefficient (Wildman–Crippen LogP) is -0.125. The van der Waals surface area contributed by atoms with Crippen molar-refractivity contribution in [2.45, 2.75) is 20.3 Å². The smallest absolute Gasteiger partial charge is 0.321 e. The highest BCUT2D eigenvalue weighted by Gasteiger charge is 2.16. The van der Waals surface area contributed by atoms with Crippen LogP contribution in [0.2, 0.25) is 0 Å². The molecule has 0 aromatic rings. The zero-order valence-corrected chi connectivity index (χ0v) is 11.0. The van der Waals surface area contributed by atoms with E-state index in [0.717, 1.165) is 0 Å². The first-order valence-electron chi connectivity index (χ1n) is 5.87. The molecule has 0 bridgehead atoms. The first-order chi connectivity index (χ1) is 8.40. The van der Waals surface area contributed by atoms with Crippen LogP contribution in [-0.2, 0) is 9.59 Å². The molecule has 0 fully saturated rings. The lowest BCUT2D eigenvalue weighted by Gasteiger charge is -2.21. The fourth-order valence-electron chi connectivity index (χ4n) is 1.36. The van der Waals surface area contributed by atoms with E-state index in [1.165, 1.54) is 7.05 Å². The Hall–Kier alpha value is -1.63. The van der Waals surface area contributed by atoms with Gasteiger partial charge in [-0.3, -0.25) is 14.9 Å². The molecule has 0 aliphatic rings. The Morgan fingerprint density at radius 1 is 1.33 bits per heavy atom. The summed E-state index contributed by atoms with van der Waals surface area (Å²) in [6.07, 6.45) is 0.160. The second-order valence-electron chi connectivity index (χ2n) is 4.01. The molecule has 7 nitrogen and oxygen atoms in total. The zero-order chi connectivity index (χ0) is 14.1. The number of aliphatic carboxylic acids is 1. The van der Waals surface area contributed by atoms with Gasteiger partial charge in [0.25, 0.3) is 0 Å². The molecule has 0 saturated carbocycles. The van der Waals surface area contributed by atoms with Gasteiger partial charge in [0, 0.05) is 26.6 Å². The molecule has 0 rings (SSSR count). The summed E-state index contributed by atoms with van der Waals surface area (Å²) in [6.45, 7) is 4.99. The summed E-state index contributed by atoms with van der Waals surface area (Å²) in [6, 6.07) is -0.540. The summed E-state index contributed by atoms with van der Waals surface area (Å²) >= 11 is 0. The molecule has 3 amide bonds. The number of carbonyl (C=O) groups is 3. The second kappa shape index (κ2) is 8.46. The average molecular weight is 259 g/mol. The highest BCUT2D eigenvalue weighted by Crippen LogP contribution is 2.01. The van der Waals surface area contributed by atoms with Crippen LogP contribution in [0.1, 0.15) is 20.3 Å². The molecule has 0 saturated heterocycles. The number of imide groups is 1. The van der Waals surface area contributed by atoms with E-state index in [1.54, 1.807) is 6.92 Å².